The van der Waals surface area contributed by atoms with Crippen LogP contribution in [0, 0.1) is 6.92 Å². The summed E-state index contributed by atoms with van der Waals surface area (Å²) in [7, 11) is 1.77. The van der Waals surface area contributed by atoms with Crippen molar-refractivity contribution in [1.29, 1.82) is 0 Å². The number of hydrogen-bond acceptors (Lipinski definition) is 2. The van der Waals surface area contributed by atoms with Gasteiger partial charge in [0.1, 0.15) is 0 Å². The monoisotopic (exact) mass is 207 g/mol. The molecule has 0 spiro atoms. The Balaban J connectivity index is 2.49. The van der Waals surface area contributed by atoms with Crippen LogP contribution in [-0.4, -0.2) is 14.8 Å². The van der Waals surface area contributed by atoms with Crippen LogP contribution >= 0.6 is 11.6 Å². The molecule has 0 bridgehead atoms. The first-order chi connectivity index (χ1) is 6.66. The normalized spacial score (nSPS) is 10.5. The van der Waals surface area contributed by atoms with Crippen LogP contribution in [0.5, 0.6) is 0 Å². The Bertz CT molecular complexity index is 443. The summed E-state index contributed by atoms with van der Waals surface area (Å²) in [5, 5.41) is 4.60. The molecule has 2 rings (SSSR count). The van der Waals surface area contributed by atoms with E-state index in [0.717, 1.165) is 5.56 Å². The van der Waals surface area contributed by atoms with Crippen LogP contribution in [0.3, 0.4) is 0 Å². The molecular weight excluding hydrogens is 198 g/mol. The van der Waals surface area contributed by atoms with Crippen molar-refractivity contribution >= 4 is 11.6 Å². The molecule has 0 unspecified atom stereocenters. The maximum Gasteiger partial charge on any atom is 0.221 e. The van der Waals surface area contributed by atoms with Gasteiger partial charge in [-0.2, -0.15) is 4.98 Å². The molecule has 0 saturated heterocycles. The molecule has 0 radical (unpaired) electrons. The van der Waals surface area contributed by atoms with Crippen molar-refractivity contribution in [3.05, 3.63) is 35.1 Å². The van der Waals surface area contributed by atoms with E-state index in [4.69, 9.17) is 11.6 Å². The number of rotatable bonds is 1. The summed E-state index contributed by atoms with van der Waals surface area (Å²) in [5.41, 5.74) is 2.18. The summed E-state index contributed by atoms with van der Waals surface area (Å²) in [5.74, 6) is 0.668. The van der Waals surface area contributed by atoms with Crippen molar-refractivity contribution < 1.29 is 0 Å². The van der Waals surface area contributed by atoms with Crippen molar-refractivity contribution in [2.75, 3.05) is 0 Å². The van der Waals surface area contributed by atoms with Gasteiger partial charge in [0.15, 0.2) is 5.82 Å². The minimum atomic E-state index is 0.404. The molecule has 0 aliphatic rings. The van der Waals surface area contributed by atoms with E-state index in [1.807, 2.05) is 31.2 Å². The first kappa shape index (κ1) is 9.21. The smallest absolute Gasteiger partial charge is 0.221 e. The van der Waals surface area contributed by atoms with Crippen LogP contribution in [-0.2, 0) is 7.05 Å². The third-order valence-electron chi connectivity index (χ3n) is 1.99. The lowest BCUT2D eigenvalue weighted by atomic mass is 10.1. The number of aromatic nitrogens is 3. The fourth-order valence-electron chi connectivity index (χ4n) is 1.27. The van der Waals surface area contributed by atoms with Crippen molar-refractivity contribution in [2.45, 2.75) is 6.92 Å². The molecule has 3 nitrogen and oxygen atoms in total. The number of hydrogen-bond donors (Lipinski definition) is 0. The molecule has 14 heavy (non-hydrogen) atoms. The molecule has 0 aliphatic carbocycles. The SMILES string of the molecule is Cc1cccc(-c2nc(Cl)n(C)n2)c1. The highest BCUT2D eigenvalue weighted by molar-refractivity contribution is 6.28. The van der Waals surface area contributed by atoms with E-state index in [1.165, 1.54) is 5.56 Å². The van der Waals surface area contributed by atoms with Crippen LogP contribution in [0.2, 0.25) is 5.28 Å². The first-order valence-corrected chi connectivity index (χ1v) is 4.68. The fourth-order valence-corrected chi connectivity index (χ4v) is 1.39. The van der Waals surface area contributed by atoms with Gasteiger partial charge in [-0.3, -0.25) is 0 Å². The summed E-state index contributed by atoms with van der Waals surface area (Å²) in [4.78, 5) is 4.14. The summed E-state index contributed by atoms with van der Waals surface area (Å²) in [6.07, 6.45) is 0. The van der Waals surface area contributed by atoms with E-state index in [-0.39, 0.29) is 0 Å². The summed E-state index contributed by atoms with van der Waals surface area (Å²) >= 11 is 5.81. The quantitative estimate of drug-likeness (QED) is 0.719. The molecule has 0 saturated carbocycles. The molecule has 1 heterocycles. The molecule has 4 heteroatoms. The van der Waals surface area contributed by atoms with Gasteiger partial charge in [0, 0.05) is 12.6 Å². The van der Waals surface area contributed by atoms with Gasteiger partial charge in [-0.25, -0.2) is 4.68 Å². The average molecular weight is 208 g/mol. The van der Waals surface area contributed by atoms with E-state index in [1.54, 1.807) is 11.7 Å². The highest BCUT2D eigenvalue weighted by atomic mass is 35.5. The highest BCUT2D eigenvalue weighted by Gasteiger charge is 2.06. The summed E-state index contributed by atoms with van der Waals surface area (Å²) < 4.78 is 1.55. The second kappa shape index (κ2) is 3.42. The van der Waals surface area contributed by atoms with Crippen molar-refractivity contribution in [3.63, 3.8) is 0 Å². The minimum absolute atomic E-state index is 0.404. The zero-order valence-electron chi connectivity index (χ0n) is 8.03. The van der Waals surface area contributed by atoms with Crippen molar-refractivity contribution in [1.82, 2.24) is 14.8 Å². The highest BCUT2D eigenvalue weighted by Crippen LogP contribution is 2.17. The lowest BCUT2D eigenvalue weighted by Crippen LogP contribution is -1.89. The Hall–Kier alpha value is -1.35. The Morgan fingerprint density at radius 2 is 2.14 bits per heavy atom. The second-order valence-electron chi connectivity index (χ2n) is 3.20. The lowest BCUT2D eigenvalue weighted by molar-refractivity contribution is 0.769. The Kier molecular flexibility index (Phi) is 2.25. The molecule has 0 fully saturated rings. The zero-order chi connectivity index (χ0) is 10.1. The molecule has 0 N–H and O–H groups in total. The van der Waals surface area contributed by atoms with Gasteiger partial charge in [0.25, 0.3) is 0 Å². The third kappa shape index (κ3) is 1.63. The third-order valence-corrected chi connectivity index (χ3v) is 2.32. The molecule has 72 valence electrons. The first-order valence-electron chi connectivity index (χ1n) is 4.30. The van der Waals surface area contributed by atoms with Crippen molar-refractivity contribution in [2.24, 2.45) is 7.05 Å². The Morgan fingerprint density at radius 1 is 1.36 bits per heavy atom. The molecule has 0 amide bonds. The predicted octanol–water partition coefficient (Wildman–Crippen LogP) is 2.44. The molecule has 1 aromatic carbocycles. The Morgan fingerprint density at radius 3 is 2.71 bits per heavy atom. The molecule has 1 aromatic heterocycles. The van der Waals surface area contributed by atoms with Gasteiger partial charge in [-0.15, -0.1) is 5.10 Å². The van der Waals surface area contributed by atoms with E-state index in [0.29, 0.717) is 11.1 Å². The number of aryl methyl sites for hydroxylation is 2. The van der Waals surface area contributed by atoms with E-state index >= 15 is 0 Å². The summed E-state index contributed by atoms with van der Waals surface area (Å²) in [6.45, 7) is 2.04. The van der Waals surface area contributed by atoms with Crippen molar-refractivity contribution in [3.8, 4) is 11.4 Å². The second-order valence-corrected chi connectivity index (χ2v) is 3.54. The maximum atomic E-state index is 5.81. The van der Waals surface area contributed by atoms with Crippen LogP contribution in [0.1, 0.15) is 5.56 Å². The standard InChI is InChI=1S/C10H10ClN3/c1-7-4-3-5-8(6-7)9-12-10(11)14(2)13-9/h3-6H,1-2H3. The van der Waals surface area contributed by atoms with E-state index in [9.17, 15) is 0 Å². The molecule has 0 atom stereocenters. The molecular formula is C10H10ClN3. The average Bonchev–Trinajstić information content (AvgIpc) is 2.47. The van der Waals surface area contributed by atoms with E-state index < -0.39 is 0 Å². The van der Waals surface area contributed by atoms with Gasteiger partial charge < -0.3 is 0 Å². The number of nitrogens with zero attached hydrogens (tertiary/aromatic N) is 3. The van der Waals surface area contributed by atoms with Gasteiger partial charge in [0.05, 0.1) is 0 Å². The van der Waals surface area contributed by atoms with Gasteiger partial charge in [-0.05, 0) is 24.6 Å². The van der Waals surface area contributed by atoms with Crippen LogP contribution < -0.4 is 0 Å². The topological polar surface area (TPSA) is 30.7 Å². The minimum Gasteiger partial charge on any atom is -0.239 e. The Labute approximate surface area is 87.3 Å². The van der Waals surface area contributed by atoms with Crippen LogP contribution in [0.25, 0.3) is 11.4 Å². The molecule has 0 aliphatic heterocycles. The van der Waals surface area contributed by atoms with Gasteiger partial charge >= 0.3 is 0 Å². The maximum absolute atomic E-state index is 5.81. The zero-order valence-corrected chi connectivity index (χ0v) is 8.78. The number of halogens is 1. The van der Waals surface area contributed by atoms with Gasteiger partial charge in [-0.1, -0.05) is 23.8 Å². The van der Waals surface area contributed by atoms with Crippen LogP contribution in [0.15, 0.2) is 24.3 Å². The predicted molar refractivity (Wildman–Crippen MR) is 56.2 cm³/mol. The van der Waals surface area contributed by atoms with E-state index in [2.05, 4.69) is 10.1 Å². The van der Waals surface area contributed by atoms with Gasteiger partial charge in [0.2, 0.25) is 5.28 Å². The molecule has 2 aromatic rings. The lowest BCUT2D eigenvalue weighted by Gasteiger charge is -1.95. The number of benzene rings is 1. The summed E-state index contributed by atoms with van der Waals surface area (Å²) in [6, 6.07) is 8.02. The fraction of sp³-hybridized carbons (Fsp3) is 0.200. The van der Waals surface area contributed by atoms with Crippen LogP contribution in [0.4, 0.5) is 0 Å². The largest absolute Gasteiger partial charge is 0.239 e.